The minimum atomic E-state index is -0.774. The molecule has 6 heteroatoms. The molecule has 102 valence electrons. The van der Waals surface area contributed by atoms with Crippen LogP contribution in [0.4, 0.5) is 11.6 Å². The number of rotatable bonds is 5. The first-order chi connectivity index (χ1) is 9.24. The van der Waals surface area contributed by atoms with Crippen molar-refractivity contribution in [3.8, 4) is 0 Å². The zero-order chi connectivity index (χ0) is 13.2. The van der Waals surface area contributed by atoms with E-state index in [-0.39, 0.29) is 0 Å². The first-order valence-corrected chi connectivity index (χ1v) is 6.79. The lowest BCUT2D eigenvalue weighted by molar-refractivity contribution is -0.138. The van der Waals surface area contributed by atoms with E-state index < -0.39 is 12.0 Å². The number of hydrogen-bond acceptors (Lipinski definition) is 5. The van der Waals surface area contributed by atoms with Gasteiger partial charge in [-0.3, -0.25) is 0 Å². The number of aromatic nitrogens is 2. The molecular formula is C13H18N4O2. The summed E-state index contributed by atoms with van der Waals surface area (Å²) >= 11 is 0. The van der Waals surface area contributed by atoms with Gasteiger partial charge >= 0.3 is 5.97 Å². The van der Waals surface area contributed by atoms with Gasteiger partial charge in [0.15, 0.2) is 0 Å². The Balaban J connectivity index is 1.72. The Bertz CT molecular complexity index is 475. The van der Waals surface area contributed by atoms with Crippen LogP contribution in [0.3, 0.4) is 0 Å². The first-order valence-electron chi connectivity index (χ1n) is 6.79. The van der Waals surface area contributed by atoms with Gasteiger partial charge in [-0.25, -0.2) is 14.8 Å². The van der Waals surface area contributed by atoms with Crippen molar-refractivity contribution in [2.75, 3.05) is 23.3 Å². The zero-order valence-electron chi connectivity index (χ0n) is 10.7. The molecule has 1 aromatic rings. The first kappa shape index (κ1) is 12.2. The third-order valence-corrected chi connectivity index (χ3v) is 3.75. The van der Waals surface area contributed by atoms with Gasteiger partial charge in [0, 0.05) is 19.2 Å². The van der Waals surface area contributed by atoms with Crippen LogP contribution in [-0.4, -0.2) is 40.2 Å². The van der Waals surface area contributed by atoms with Crippen LogP contribution in [0.1, 0.15) is 25.7 Å². The second-order valence-corrected chi connectivity index (χ2v) is 5.28. The fraction of sp³-hybridized carbons (Fsp3) is 0.615. The SMILES string of the molecule is O=C(O)[C@@H]1CCCN1c1cc(NCC2CC2)ncn1. The fourth-order valence-electron chi connectivity index (χ4n) is 2.47. The molecule has 2 aliphatic rings. The summed E-state index contributed by atoms with van der Waals surface area (Å²) in [5, 5.41) is 12.5. The number of aliphatic carboxylic acids is 1. The van der Waals surface area contributed by atoms with E-state index in [0.29, 0.717) is 12.2 Å². The van der Waals surface area contributed by atoms with E-state index in [1.165, 1.54) is 19.2 Å². The minimum Gasteiger partial charge on any atom is -0.480 e. The second-order valence-electron chi connectivity index (χ2n) is 5.28. The van der Waals surface area contributed by atoms with Gasteiger partial charge in [-0.15, -0.1) is 0 Å². The standard InChI is InChI=1S/C13H18N4O2/c18-13(19)10-2-1-5-17(10)12-6-11(15-8-16-12)14-7-9-3-4-9/h6,8-10H,1-5,7H2,(H,18,19)(H,14,15,16)/t10-/m0/s1. The summed E-state index contributed by atoms with van der Waals surface area (Å²) in [5.41, 5.74) is 0. The van der Waals surface area contributed by atoms with Crippen molar-refractivity contribution in [2.45, 2.75) is 31.7 Å². The van der Waals surface area contributed by atoms with Crippen LogP contribution in [-0.2, 0) is 4.79 Å². The molecule has 0 spiro atoms. The highest BCUT2D eigenvalue weighted by atomic mass is 16.4. The van der Waals surface area contributed by atoms with Crippen molar-refractivity contribution in [1.29, 1.82) is 0 Å². The van der Waals surface area contributed by atoms with Crippen LogP contribution in [0, 0.1) is 5.92 Å². The van der Waals surface area contributed by atoms with Crippen LogP contribution in [0.25, 0.3) is 0 Å². The minimum absolute atomic E-state index is 0.453. The zero-order valence-corrected chi connectivity index (χ0v) is 10.7. The summed E-state index contributed by atoms with van der Waals surface area (Å²) in [4.78, 5) is 21.4. The molecule has 1 atom stereocenters. The third kappa shape index (κ3) is 2.77. The maximum absolute atomic E-state index is 11.2. The molecule has 6 nitrogen and oxygen atoms in total. The lowest BCUT2D eigenvalue weighted by Crippen LogP contribution is -2.36. The molecule has 1 aliphatic heterocycles. The molecule has 1 aromatic heterocycles. The smallest absolute Gasteiger partial charge is 0.326 e. The number of hydrogen-bond donors (Lipinski definition) is 2. The fourth-order valence-corrected chi connectivity index (χ4v) is 2.47. The molecule has 0 unspecified atom stereocenters. The average Bonchev–Trinajstić information content (AvgIpc) is 3.10. The van der Waals surface area contributed by atoms with E-state index in [1.54, 1.807) is 0 Å². The number of carbonyl (C=O) groups is 1. The molecular weight excluding hydrogens is 244 g/mol. The summed E-state index contributed by atoms with van der Waals surface area (Å²) in [6, 6.07) is 1.40. The van der Waals surface area contributed by atoms with Gasteiger partial charge in [-0.05, 0) is 31.6 Å². The van der Waals surface area contributed by atoms with Crippen LogP contribution >= 0.6 is 0 Å². The molecule has 2 N–H and O–H groups in total. The Morgan fingerprint density at radius 2 is 2.26 bits per heavy atom. The van der Waals surface area contributed by atoms with Crippen LogP contribution in [0.15, 0.2) is 12.4 Å². The average molecular weight is 262 g/mol. The largest absolute Gasteiger partial charge is 0.480 e. The Morgan fingerprint density at radius 1 is 1.42 bits per heavy atom. The Kier molecular flexibility index (Phi) is 3.23. The van der Waals surface area contributed by atoms with E-state index in [4.69, 9.17) is 0 Å². The maximum Gasteiger partial charge on any atom is 0.326 e. The third-order valence-electron chi connectivity index (χ3n) is 3.75. The van der Waals surface area contributed by atoms with Crippen LogP contribution in [0.5, 0.6) is 0 Å². The summed E-state index contributed by atoms with van der Waals surface area (Å²) in [6.45, 7) is 1.69. The van der Waals surface area contributed by atoms with Crippen molar-refractivity contribution in [3.63, 3.8) is 0 Å². The molecule has 0 radical (unpaired) electrons. The number of carboxylic acids is 1. The number of nitrogens with one attached hydrogen (secondary N) is 1. The van der Waals surface area contributed by atoms with Gasteiger partial charge in [0.1, 0.15) is 24.0 Å². The molecule has 1 saturated carbocycles. The van der Waals surface area contributed by atoms with E-state index in [9.17, 15) is 9.90 Å². The van der Waals surface area contributed by atoms with Crippen LogP contribution < -0.4 is 10.2 Å². The van der Waals surface area contributed by atoms with E-state index in [1.807, 2.05) is 11.0 Å². The monoisotopic (exact) mass is 262 g/mol. The Labute approximate surface area is 111 Å². The molecule has 2 fully saturated rings. The molecule has 3 rings (SSSR count). The van der Waals surface area contributed by atoms with E-state index in [2.05, 4.69) is 15.3 Å². The molecule has 0 amide bonds. The molecule has 1 aliphatic carbocycles. The Hall–Kier alpha value is -1.85. The van der Waals surface area contributed by atoms with Gasteiger partial charge in [0.2, 0.25) is 0 Å². The van der Waals surface area contributed by atoms with Gasteiger partial charge in [0.25, 0.3) is 0 Å². The van der Waals surface area contributed by atoms with E-state index >= 15 is 0 Å². The molecule has 1 saturated heterocycles. The number of carboxylic acid groups (broad SMARTS) is 1. The summed E-state index contributed by atoms with van der Waals surface area (Å²) < 4.78 is 0. The molecule has 19 heavy (non-hydrogen) atoms. The molecule has 0 aromatic carbocycles. The number of nitrogens with zero attached hydrogens (tertiary/aromatic N) is 3. The van der Waals surface area contributed by atoms with Crippen molar-refractivity contribution in [3.05, 3.63) is 12.4 Å². The quantitative estimate of drug-likeness (QED) is 0.834. The topological polar surface area (TPSA) is 78.4 Å². The van der Waals surface area contributed by atoms with Gasteiger partial charge in [-0.1, -0.05) is 0 Å². The van der Waals surface area contributed by atoms with E-state index in [0.717, 1.165) is 31.2 Å². The highest BCUT2D eigenvalue weighted by Crippen LogP contribution is 2.29. The van der Waals surface area contributed by atoms with Crippen LogP contribution in [0.2, 0.25) is 0 Å². The lowest BCUT2D eigenvalue weighted by atomic mass is 10.2. The van der Waals surface area contributed by atoms with Crippen molar-refractivity contribution in [2.24, 2.45) is 5.92 Å². The molecule has 2 heterocycles. The van der Waals surface area contributed by atoms with Gasteiger partial charge in [0.05, 0.1) is 0 Å². The van der Waals surface area contributed by atoms with Gasteiger partial charge < -0.3 is 15.3 Å². The van der Waals surface area contributed by atoms with Crippen molar-refractivity contribution < 1.29 is 9.90 Å². The summed E-state index contributed by atoms with van der Waals surface area (Å²) in [7, 11) is 0. The normalized spacial score (nSPS) is 22.5. The lowest BCUT2D eigenvalue weighted by Gasteiger charge is -2.22. The van der Waals surface area contributed by atoms with Gasteiger partial charge in [-0.2, -0.15) is 0 Å². The maximum atomic E-state index is 11.2. The number of anilines is 2. The highest BCUT2D eigenvalue weighted by Gasteiger charge is 2.31. The highest BCUT2D eigenvalue weighted by molar-refractivity contribution is 5.78. The predicted molar refractivity (Wildman–Crippen MR) is 71.2 cm³/mol. The predicted octanol–water partition coefficient (Wildman–Crippen LogP) is 1.35. The van der Waals surface area contributed by atoms with Crippen molar-refractivity contribution >= 4 is 17.6 Å². The summed E-state index contributed by atoms with van der Waals surface area (Å²) in [5.74, 6) is 1.49. The summed E-state index contributed by atoms with van der Waals surface area (Å²) in [6.07, 6.45) is 5.66. The Morgan fingerprint density at radius 3 is 3.00 bits per heavy atom. The molecule has 0 bridgehead atoms. The second kappa shape index (κ2) is 5.03. The van der Waals surface area contributed by atoms with Crippen molar-refractivity contribution in [1.82, 2.24) is 9.97 Å².